The molecule has 0 unspecified atom stereocenters. The summed E-state index contributed by atoms with van der Waals surface area (Å²) in [6, 6.07) is 16.9. The fraction of sp³-hybridized carbons (Fsp3) is 0.290. The molecule has 0 spiro atoms. The summed E-state index contributed by atoms with van der Waals surface area (Å²) in [7, 11) is 0. The van der Waals surface area contributed by atoms with Gasteiger partial charge in [0.25, 0.3) is 0 Å². The molecule has 3 N–H and O–H groups in total. The van der Waals surface area contributed by atoms with Gasteiger partial charge >= 0.3 is 12.1 Å². The van der Waals surface area contributed by atoms with Crippen molar-refractivity contribution in [2.45, 2.75) is 44.8 Å². The minimum absolute atomic E-state index is 0.135. The molecule has 41 heavy (non-hydrogen) atoms. The van der Waals surface area contributed by atoms with Crippen LogP contribution >= 0.6 is 0 Å². The van der Waals surface area contributed by atoms with E-state index >= 15 is 0 Å². The Bertz CT molecular complexity index is 1610. The molecule has 1 heterocycles. The highest BCUT2D eigenvalue weighted by atomic mass is 19.4. The monoisotopic (exact) mass is 568 g/mol. The highest BCUT2D eigenvalue weighted by Gasteiger charge is 2.50. The average molecular weight is 569 g/mol. The van der Waals surface area contributed by atoms with E-state index in [0.717, 1.165) is 6.92 Å². The lowest BCUT2D eigenvalue weighted by molar-refractivity contribution is -0.178. The zero-order chi connectivity index (χ0) is 29.5. The normalized spacial score (nSPS) is 15.8. The summed E-state index contributed by atoms with van der Waals surface area (Å²) in [5.74, 6) is -5.91. The van der Waals surface area contributed by atoms with Crippen molar-refractivity contribution >= 4 is 28.3 Å². The van der Waals surface area contributed by atoms with Crippen molar-refractivity contribution in [3.05, 3.63) is 95.4 Å². The number of carboxylic acids is 1. The molecule has 3 aromatic carbocycles. The number of aliphatic carboxylic acids is 1. The van der Waals surface area contributed by atoms with Gasteiger partial charge in [-0.05, 0) is 60.2 Å². The number of aromatic nitrogens is 1. The summed E-state index contributed by atoms with van der Waals surface area (Å²) < 4.78 is 57.1. The van der Waals surface area contributed by atoms with E-state index in [1.807, 2.05) is 0 Å². The predicted molar refractivity (Wildman–Crippen MR) is 145 cm³/mol. The number of benzene rings is 3. The van der Waals surface area contributed by atoms with Crippen LogP contribution in [0.3, 0.4) is 0 Å². The first kappa shape index (κ1) is 28.2. The van der Waals surface area contributed by atoms with Crippen LogP contribution in [-0.4, -0.2) is 32.8 Å². The van der Waals surface area contributed by atoms with E-state index in [-0.39, 0.29) is 35.5 Å². The number of carbonyl (C=O) groups excluding carboxylic acids is 1. The van der Waals surface area contributed by atoms with Gasteiger partial charge in [0.2, 0.25) is 5.91 Å². The number of amides is 1. The number of halogens is 4. The zero-order valence-electron chi connectivity index (χ0n) is 22.1. The van der Waals surface area contributed by atoms with Crippen LogP contribution < -0.4 is 5.32 Å². The fourth-order valence-corrected chi connectivity index (χ4v) is 5.23. The van der Waals surface area contributed by atoms with Crippen molar-refractivity contribution in [1.82, 2.24) is 4.57 Å². The van der Waals surface area contributed by atoms with E-state index in [1.54, 1.807) is 42.5 Å². The Balaban J connectivity index is 1.37. The first-order valence-corrected chi connectivity index (χ1v) is 13.1. The number of anilines is 1. The number of rotatable bonds is 9. The number of aromatic hydroxyl groups is 1. The second-order valence-corrected chi connectivity index (χ2v) is 10.8. The van der Waals surface area contributed by atoms with Crippen molar-refractivity contribution < 1.29 is 37.4 Å². The molecule has 0 radical (unpaired) electrons. The SMILES string of the molecule is C[C@@H]([C@@H](C(=O)Nc1cccc(CC2(C(=O)O)CC2)c1)c1ccc(Cn2cc3c(F)cccc3c2O)cc1)C(F)(F)F. The maximum absolute atomic E-state index is 14.1. The molecule has 5 rings (SSSR count). The lowest BCUT2D eigenvalue weighted by Gasteiger charge is -2.26. The minimum atomic E-state index is -4.65. The molecule has 2 atom stereocenters. The van der Waals surface area contributed by atoms with Gasteiger partial charge in [0, 0.05) is 22.7 Å². The summed E-state index contributed by atoms with van der Waals surface area (Å²) in [5, 5.41) is 23.1. The van der Waals surface area contributed by atoms with Crippen LogP contribution in [-0.2, 0) is 22.6 Å². The van der Waals surface area contributed by atoms with Crippen LogP contribution in [0.25, 0.3) is 10.8 Å². The summed E-state index contributed by atoms with van der Waals surface area (Å²) in [6.45, 7) is 1.09. The minimum Gasteiger partial charge on any atom is -0.494 e. The van der Waals surface area contributed by atoms with Gasteiger partial charge < -0.3 is 20.1 Å². The Morgan fingerprint density at radius 2 is 1.68 bits per heavy atom. The Morgan fingerprint density at radius 1 is 1.00 bits per heavy atom. The van der Waals surface area contributed by atoms with E-state index in [4.69, 9.17) is 0 Å². The predicted octanol–water partition coefficient (Wildman–Crippen LogP) is 6.86. The van der Waals surface area contributed by atoms with Gasteiger partial charge in [0.15, 0.2) is 5.88 Å². The molecule has 1 amide bonds. The van der Waals surface area contributed by atoms with Crippen LogP contribution in [0.15, 0.2) is 72.9 Å². The number of fused-ring (bicyclic) bond motifs is 1. The molecule has 1 fully saturated rings. The Kier molecular flexibility index (Phi) is 7.27. The van der Waals surface area contributed by atoms with Gasteiger partial charge in [-0.1, -0.05) is 49.4 Å². The van der Waals surface area contributed by atoms with Gasteiger partial charge in [-0.25, -0.2) is 4.39 Å². The number of carboxylic acid groups (broad SMARTS) is 1. The van der Waals surface area contributed by atoms with Crippen LogP contribution in [0.5, 0.6) is 5.88 Å². The van der Waals surface area contributed by atoms with Crippen molar-refractivity contribution in [3.8, 4) is 5.88 Å². The largest absolute Gasteiger partial charge is 0.494 e. The molecular formula is C31H28F4N2O4. The topological polar surface area (TPSA) is 91.6 Å². The highest BCUT2D eigenvalue weighted by molar-refractivity contribution is 5.96. The van der Waals surface area contributed by atoms with Crippen molar-refractivity contribution in [2.75, 3.05) is 5.32 Å². The molecular weight excluding hydrogens is 540 g/mol. The lowest BCUT2D eigenvalue weighted by Crippen LogP contribution is -2.34. The van der Waals surface area contributed by atoms with Crippen molar-refractivity contribution in [1.29, 1.82) is 0 Å². The lowest BCUT2D eigenvalue weighted by atomic mass is 9.85. The molecule has 0 saturated heterocycles. The Morgan fingerprint density at radius 3 is 2.29 bits per heavy atom. The standard InChI is InChI=1S/C31H28F4N2O4/c1-18(31(33,34)35)26(27(38)36-22-5-2-4-20(14-22)15-30(12-13-30)29(40)41)21-10-8-19(9-11-21)16-37-17-24-23(28(37)39)6-3-7-25(24)32/h2-11,14,17-18,26,39H,12-13,15-16H2,1H3,(H,36,38)(H,40,41)/t18-,26+/m0/s1. The summed E-state index contributed by atoms with van der Waals surface area (Å²) in [5.41, 5.74) is 0.919. The van der Waals surface area contributed by atoms with E-state index < -0.39 is 41.1 Å². The molecule has 10 heteroatoms. The van der Waals surface area contributed by atoms with Crippen LogP contribution in [0.4, 0.5) is 23.2 Å². The zero-order valence-corrected chi connectivity index (χ0v) is 22.1. The number of alkyl halides is 3. The third-order valence-corrected chi connectivity index (χ3v) is 7.89. The summed E-state index contributed by atoms with van der Waals surface area (Å²) >= 11 is 0. The third kappa shape index (κ3) is 5.77. The average Bonchev–Trinajstić information content (AvgIpc) is 3.63. The van der Waals surface area contributed by atoms with E-state index in [2.05, 4.69) is 5.32 Å². The first-order chi connectivity index (χ1) is 19.4. The number of nitrogens with zero attached hydrogens (tertiary/aromatic N) is 1. The Hall–Kier alpha value is -4.34. The van der Waals surface area contributed by atoms with E-state index in [9.17, 15) is 37.4 Å². The maximum atomic E-state index is 14.1. The summed E-state index contributed by atoms with van der Waals surface area (Å²) in [6.07, 6.45) is -1.81. The van der Waals surface area contributed by atoms with Gasteiger partial charge in [-0.15, -0.1) is 0 Å². The third-order valence-electron chi connectivity index (χ3n) is 7.89. The van der Waals surface area contributed by atoms with Gasteiger partial charge in [-0.2, -0.15) is 13.2 Å². The second kappa shape index (κ2) is 10.6. The van der Waals surface area contributed by atoms with Crippen LogP contribution in [0.1, 0.15) is 42.4 Å². The van der Waals surface area contributed by atoms with Gasteiger partial charge in [0.05, 0.1) is 23.8 Å². The number of carbonyl (C=O) groups is 2. The summed E-state index contributed by atoms with van der Waals surface area (Å²) in [4.78, 5) is 24.9. The molecule has 0 bridgehead atoms. The quantitative estimate of drug-likeness (QED) is 0.192. The number of hydrogen-bond donors (Lipinski definition) is 3. The molecule has 1 saturated carbocycles. The second-order valence-electron chi connectivity index (χ2n) is 10.8. The molecule has 4 aromatic rings. The smallest absolute Gasteiger partial charge is 0.392 e. The molecule has 1 aromatic heterocycles. The molecule has 6 nitrogen and oxygen atoms in total. The number of nitrogens with one attached hydrogen (secondary N) is 1. The molecule has 1 aliphatic rings. The van der Waals surface area contributed by atoms with Crippen LogP contribution in [0.2, 0.25) is 0 Å². The van der Waals surface area contributed by atoms with Gasteiger partial charge in [-0.3, -0.25) is 9.59 Å². The van der Waals surface area contributed by atoms with E-state index in [1.165, 1.54) is 35.0 Å². The van der Waals surface area contributed by atoms with E-state index in [0.29, 0.717) is 29.4 Å². The Labute approximate surface area is 233 Å². The molecule has 0 aliphatic heterocycles. The first-order valence-electron chi connectivity index (χ1n) is 13.1. The van der Waals surface area contributed by atoms with Crippen LogP contribution in [0, 0.1) is 17.2 Å². The fourth-order valence-electron chi connectivity index (χ4n) is 5.23. The maximum Gasteiger partial charge on any atom is 0.392 e. The number of hydrogen-bond acceptors (Lipinski definition) is 3. The van der Waals surface area contributed by atoms with Gasteiger partial charge in [0.1, 0.15) is 5.82 Å². The highest BCUT2D eigenvalue weighted by Crippen LogP contribution is 2.48. The molecule has 214 valence electrons. The van der Waals surface area contributed by atoms with Crippen molar-refractivity contribution in [3.63, 3.8) is 0 Å². The molecule has 1 aliphatic carbocycles. The van der Waals surface area contributed by atoms with Crippen molar-refractivity contribution in [2.24, 2.45) is 11.3 Å².